The van der Waals surface area contributed by atoms with Gasteiger partial charge in [-0.2, -0.15) is 0 Å². The second-order valence-electron chi connectivity index (χ2n) is 3.97. The molecule has 0 saturated heterocycles. The van der Waals surface area contributed by atoms with E-state index in [-0.39, 0.29) is 0 Å². The molecule has 0 N–H and O–H groups in total. The van der Waals surface area contributed by atoms with Gasteiger partial charge >= 0.3 is 92.4 Å². The van der Waals surface area contributed by atoms with E-state index in [4.69, 9.17) is 0 Å². The normalized spacial score (nSPS) is 11.1. The van der Waals surface area contributed by atoms with Crippen LogP contribution in [0.1, 0.15) is 59.3 Å². The summed E-state index contributed by atoms with van der Waals surface area (Å²) < 4.78 is 4.82. The zero-order chi connectivity index (χ0) is 9.94. The van der Waals surface area contributed by atoms with Crippen LogP contribution in [0.15, 0.2) is 0 Å². The minimum absolute atomic E-state index is 0.774. The number of rotatable bonds is 9. The second kappa shape index (κ2) is 10.9. The van der Waals surface area contributed by atoms with Crippen molar-refractivity contribution >= 4 is 19.8 Å². The molecule has 0 aromatic rings. The maximum absolute atomic E-state index is 2.41. The van der Waals surface area contributed by atoms with E-state index in [0.717, 1.165) is 0 Å². The average Bonchev–Trinajstić information content (AvgIpc) is 2.17. The monoisotopic (exact) mass is 291 g/mol. The molecule has 0 amide bonds. The maximum atomic E-state index is 2.41. The fraction of sp³-hybridized carbons (Fsp3) is 1.00. The fourth-order valence-corrected chi connectivity index (χ4v) is 7.34. The van der Waals surface area contributed by atoms with Crippen molar-refractivity contribution in [1.82, 2.24) is 0 Å². The topological polar surface area (TPSA) is 0 Å². The molecule has 1 radical (unpaired) electrons. The van der Waals surface area contributed by atoms with Crippen LogP contribution in [-0.2, 0) is 0 Å². The molecular formula is C12H27Sn. The SMILES string of the molecule is CCCCCCC[CH2][Sn]([CH2]C)[CH2]C. The Hall–Kier alpha value is 0.799. The fourth-order valence-electron chi connectivity index (χ4n) is 1.76. The summed E-state index contributed by atoms with van der Waals surface area (Å²) in [7, 11) is 0. The van der Waals surface area contributed by atoms with Crippen LogP contribution in [0.2, 0.25) is 13.3 Å². The van der Waals surface area contributed by atoms with Gasteiger partial charge in [0.2, 0.25) is 0 Å². The molecule has 0 fully saturated rings. The molecule has 0 nitrogen and oxygen atoms in total. The Balaban J connectivity index is 3.05. The zero-order valence-electron chi connectivity index (χ0n) is 9.86. The van der Waals surface area contributed by atoms with E-state index in [0.29, 0.717) is 0 Å². The predicted molar refractivity (Wildman–Crippen MR) is 64.9 cm³/mol. The van der Waals surface area contributed by atoms with E-state index in [1.54, 1.807) is 19.7 Å². The Morgan fingerprint density at radius 1 is 0.692 bits per heavy atom. The number of unbranched alkanes of at least 4 members (excludes halogenated alkanes) is 5. The summed E-state index contributed by atoms with van der Waals surface area (Å²) >= 11 is -0.774. The molecule has 13 heavy (non-hydrogen) atoms. The first-order valence-corrected chi connectivity index (χ1v) is 12.2. The molecule has 0 atom stereocenters. The van der Waals surface area contributed by atoms with Crippen LogP contribution < -0.4 is 0 Å². The van der Waals surface area contributed by atoms with Crippen LogP contribution in [0.4, 0.5) is 0 Å². The molecule has 79 valence electrons. The molecule has 0 rings (SSSR count). The molecule has 0 unspecified atom stereocenters. The summed E-state index contributed by atoms with van der Waals surface area (Å²) in [6.07, 6.45) is 8.88. The minimum atomic E-state index is -0.774. The van der Waals surface area contributed by atoms with Crippen molar-refractivity contribution in [1.29, 1.82) is 0 Å². The quantitative estimate of drug-likeness (QED) is 0.419. The van der Waals surface area contributed by atoms with Crippen molar-refractivity contribution < 1.29 is 0 Å². The summed E-state index contributed by atoms with van der Waals surface area (Å²) in [6, 6.07) is 0. The average molecular weight is 290 g/mol. The van der Waals surface area contributed by atoms with Gasteiger partial charge in [-0.15, -0.1) is 0 Å². The van der Waals surface area contributed by atoms with Gasteiger partial charge in [-0.1, -0.05) is 0 Å². The van der Waals surface area contributed by atoms with E-state index in [2.05, 4.69) is 20.8 Å². The third-order valence-corrected chi connectivity index (χ3v) is 11.6. The zero-order valence-corrected chi connectivity index (χ0v) is 12.7. The molecule has 0 aliphatic heterocycles. The summed E-state index contributed by atoms with van der Waals surface area (Å²) in [6.45, 7) is 7.12. The molecular weight excluding hydrogens is 263 g/mol. The van der Waals surface area contributed by atoms with Crippen LogP contribution in [0.25, 0.3) is 0 Å². The van der Waals surface area contributed by atoms with E-state index in [1.807, 2.05) is 0 Å². The van der Waals surface area contributed by atoms with Crippen molar-refractivity contribution in [3.05, 3.63) is 0 Å². The standard InChI is InChI=1S/C8H17.2C2H5.Sn/c1-3-5-7-8-6-4-2;2*1-2;/h1,3-8H2,2H3;2*1H2,2H3;. The molecule has 0 bridgehead atoms. The summed E-state index contributed by atoms with van der Waals surface area (Å²) in [5.41, 5.74) is 0. The van der Waals surface area contributed by atoms with Crippen molar-refractivity contribution in [2.24, 2.45) is 0 Å². The third-order valence-electron chi connectivity index (χ3n) is 2.88. The summed E-state index contributed by atoms with van der Waals surface area (Å²) in [4.78, 5) is 0. The number of hydrogen-bond acceptors (Lipinski definition) is 0. The molecule has 0 saturated carbocycles. The van der Waals surface area contributed by atoms with E-state index in [1.165, 1.54) is 32.1 Å². The van der Waals surface area contributed by atoms with Gasteiger partial charge in [-0.25, -0.2) is 0 Å². The molecule has 0 aromatic heterocycles. The number of hydrogen-bond donors (Lipinski definition) is 0. The Bertz CT molecular complexity index is 87.1. The summed E-state index contributed by atoms with van der Waals surface area (Å²) in [5, 5.41) is 0. The van der Waals surface area contributed by atoms with Gasteiger partial charge in [0.15, 0.2) is 0 Å². The molecule has 0 aliphatic carbocycles. The van der Waals surface area contributed by atoms with E-state index >= 15 is 0 Å². The van der Waals surface area contributed by atoms with Gasteiger partial charge < -0.3 is 0 Å². The van der Waals surface area contributed by atoms with Gasteiger partial charge in [0.1, 0.15) is 0 Å². The van der Waals surface area contributed by atoms with E-state index < -0.39 is 19.8 Å². The third kappa shape index (κ3) is 9.11. The first-order chi connectivity index (χ1) is 6.35. The van der Waals surface area contributed by atoms with Gasteiger partial charge in [-0.3, -0.25) is 0 Å². The van der Waals surface area contributed by atoms with Gasteiger partial charge in [0, 0.05) is 0 Å². The first kappa shape index (κ1) is 13.8. The van der Waals surface area contributed by atoms with Gasteiger partial charge in [0.05, 0.1) is 0 Å². The Morgan fingerprint density at radius 3 is 1.77 bits per heavy atom. The Morgan fingerprint density at radius 2 is 1.23 bits per heavy atom. The van der Waals surface area contributed by atoms with Crippen molar-refractivity contribution in [3.8, 4) is 0 Å². The molecule has 1 heteroatoms. The Kier molecular flexibility index (Phi) is 11.5. The predicted octanol–water partition coefficient (Wildman–Crippen LogP) is 4.88. The van der Waals surface area contributed by atoms with E-state index in [9.17, 15) is 0 Å². The van der Waals surface area contributed by atoms with Crippen LogP contribution in [0, 0.1) is 0 Å². The van der Waals surface area contributed by atoms with Crippen LogP contribution >= 0.6 is 0 Å². The van der Waals surface area contributed by atoms with Gasteiger partial charge in [-0.05, 0) is 0 Å². The van der Waals surface area contributed by atoms with Crippen molar-refractivity contribution in [2.45, 2.75) is 72.6 Å². The molecule has 0 aromatic carbocycles. The second-order valence-corrected chi connectivity index (χ2v) is 13.7. The van der Waals surface area contributed by atoms with Crippen molar-refractivity contribution in [3.63, 3.8) is 0 Å². The first-order valence-electron chi connectivity index (χ1n) is 6.18. The van der Waals surface area contributed by atoms with Crippen LogP contribution in [-0.4, -0.2) is 19.8 Å². The molecule has 0 spiro atoms. The van der Waals surface area contributed by atoms with Crippen LogP contribution in [0.5, 0.6) is 0 Å². The van der Waals surface area contributed by atoms with Crippen molar-refractivity contribution in [2.75, 3.05) is 0 Å². The molecule has 0 heterocycles. The molecule has 0 aliphatic rings. The summed E-state index contributed by atoms with van der Waals surface area (Å²) in [5.74, 6) is 0. The van der Waals surface area contributed by atoms with Gasteiger partial charge in [0.25, 0.3) is 0 Å². The Labute approximate surface area is 92.2 Å². The van der Waals surface area contributed by atoms with Crippen LogP contribution in [0.3, 0.4) is 0 Å².